The van der Waals surface area contributed by atoms with Crippen LogP contribution in [0, 0.1) is 11.6 Å². The van der Waals surface area contributed by atoms with Crippen molar-refractivity contribution in [2.75, 3.05) is 18.5 Å². The van der Waals surface area contributed by atoms with Crippen LogP contribution in [0.1, 0.15) is 5.56 Å². The third kappa shape index (κ3) is 4.52. The molecule has 2 aromatic rings. The van der Waals surface area contributed by atoms with Gasteiger partial charge in [0.05, 0.1) is 18.5 Å². The number of aliphatic hydroxyl groups is 1. The third-order valence-electron chi connectivity index (χ3n) is 2.87. The van der Waals surface area contributed by atoms with Gasteiger partial charge >= 0.3 is 0 Å². The number of amides is 1. The number of anilines is 1. The highest BCUT2D eigenvalue weighted by atomic mass is 19.1. The molecule has 0 aliphatic carbocycles. The van der Waals surface area contributed by atoms with Crippen molar-refractivity contribution in [1.82, 2.24) is 15.1 Å². The van der Waals surface area contributed by atoms with E-state index >= 15 is 0 Å². The van der Waals surface area contributed by atoms with Gasteiger partial charge in [0.1, 0.15) is 18.2 Å². The molecule has 3 N–H and O–H groups in total. The average Bonchev–Trinajstić information content (AvgIpc) is 2.91. The molecule has 1 amide bonds. The smallest absolute Gasteiger partial charge is 0.241 e. The zero-order chi connectivity index (χ0) is 15.9. The van der Waals surface area contributed by atoms with E-state index in [2.05, 4.69) is 15.7 Å². The number of carbonyl (C=O) groups is 1. The van der Waals surface area contributed by atoms with Crippen molar-refractivity contribution in [1.29, 1.82) is 0 Å². The lowest BCUT2D eigenvalue weighted by Gasteiger charge is -2.05. The molecule has 2 rings (SSSR count). The first kappa shape index (κ1) is 15.9. The number of hydrogen-bond acceptors (Lipinski definition) is 4. The molecule has 0 atom stereocenters. The van der Waals surface area contributed by atoms with Crippen LogP contribution >= 0.6 is 0 Å². The number of hydrogen-bond donors (Lipinski definition) is 3. The van der Waals surface area contributed by atoms with Gasteiger partial charge in [-0.2, -0.15) is 5.10 Å². The Morgan fingerprint density at radius 1 is 1.36 bits per heavy atom. The molecular weight excluding hydrogens is 294 g/mol. The second-order valence-electron chi connectivity index (χ2n) is 4.59. The molecule has 6 nitrogen and oxygen atoms in total. The number of rotatable bonds is 7. The van der Waals surface area contributed by atoms with Gasteiger partial charge in [-0.3, -0.25) is 9.48 Å². The van der Waals surface area contributed by atoms with Gasteiger partial charge in [-0.15, -0.1) is 0 Å². The standard InChI is InChI=1S/C14H16F2N4O2/c15-11-2-1-10(13(16)5-11)6-18-12-7-19-20(8-12)9-14(22)17-3-4-21/h1-2,5,7-8,18,21H,3-4,6,9H2,(H,17,22). The molecule has 0 unspecified atom stereocenters. The predicted octanol–water partition coefficient (Wildman–Crippen LogP) is 0.882. The fraction of sp³-hybridized carbons (Fsp3) is 0.286. The molecule has 0 fully saturated rings. The molecule has 0 aliphatic rings. The van der Waals surface area contributed by atoms with Crippen LogP contribution in [0.4, 0.5) is 14.5 Å². The summed E-state index contributed by atoms with van der Waals surface area (Å²) in [5.41, 5.74) is 0.938. The Morgan fingerprint density at radius 3 is 2.91 bits per heavy atom. The van der Waals surface area contributed by atoms with Crippen LogP contribution in [0.25, 0.3) is 0 Å². The molecule has 0 radical (unpaired) electrons. The van der Waals surface area contributed by atoms with Crippen molar-refractivity contribution in [3.63, 3.8) is 0 Å². The number of benzene rings is 1. The summed E-state index contributed by atoms with van der Waals surface area (Å²) in [6.45, 7) is 0.261. The Bertz CT molecular complexity index is 646. The summed E-state index contributed by atoms with van der Waals surface area (Å²) in [4.78, 5) is 11.4. The molecule has 8 heteroatoms. The molecule has 1 aromatic carbocycles. The minimum absolute atomic E-state index is 0.0204. The van der Waals surface area contributed by atoms with Crippen LogP contribution in [0.15, 0.2) is 30.6 Å². The minimum atomic E-state index is -0.622. The maximum atomic E-state index is 13.5. The molecule has 0 bridgehead atoms. The van der Waals surface area contributed by atoms with Gasteiger partial charge in [-0.05, 0) is 6.07 Å². The first-order valence-electron chi connectivity index (χ1n) is 6.66. The highest BCUT2D eigenvalue weighted by molar-refractivity contribution is 5.75. The number of halogens is 2. The molecular formula is C14H16F2N4O2. The first-order valence-corrected chi connectivity index (χ1v) is 6.66. The van der Waals surface area contributed by atoms with Gasteiger partial charge in [0.25, 0.3) is 0 Å². The van der Waals surface area contributed by atoms with E-state index in [1.54, 1.807) is 6.20 Å². The van der Waals surface area contributed by atoms with Crippen molar-refractivity contribution in [2.45, 2.75) is 13.1 Å². The van der Waals surface area contributed by atoms with Gasteiger partial charge in [0.15, 0.2) is 0 Å². The van der Waals surface area contributed by atoms with E-state index < -0.39 is 11.6 Å². The normalized spacial score (nSPS) is 10.5. The highest BCUT2D eigenvalue weighted by Crippen LogP contribution is 2.12. The molecule has 1 aromatic heterocycles. The molecule has 0 saturated carbocycles. The SMILES string of the molecule is O=C(Cn1cc(NCc2ccc(F)cc2F)cn1)NCCO. The minimum Gasteiger partial charge on any atom is -0.395 e. The summed E-state index contributed by atoms with van der Waals surface area (Å²) in [6, 6.07) is 3.38. The highest BCUT2D eigenvalue weighted by Gasteiger charge is 2.06. The fourth-order valence-corrected chi connectivity index (χ4v) is 1.80. The Kier molecular flexibility index (Phi) is 5.42. The van der Waals surface area contributed by atoms with Crippen LogP contribution in [0.5, 0.6) is 0 Å². The van der Waals surface area contributed by atoms with E-state index in [9.17, 15) is 13.6 Å². The van der Waals surface area contributed by atoms with E-state index in [-0.39, 0.29) is 32.1 Å². The van der Waals surface area contributed by atoms with Crippen LogP contribution in [-0.2, 0) is 17.9 Å². The van der Waals surface area contributed by atoms with E-state index in [1.165, 1.54) is 23.0 Å². The summed E-state index contributed by atoms with van der Waals surface area (Å²) >= 11 is 0. The van der Waals surface area contributed by atoms with Gasteiger partial charge in [-0.1, -0.05) is 6.07 Å². The third-order valence-corrected chi connectivity index (χ3v) is 2.87. The van der Waals surface area contributed by atoms with Crippen LogP contribution < -0.4 is 10.6 Å². The van der Waals surface area contributed by atoms with E-state index in [0.29, 0.717) is 11.3 Å². The van der Waals surface area contributed by atoms with Crippen molar-refractivity contribution in [3.05, 3.63) is 47.8 Å². The van der Waals surface area contributed by atoms with Crippen molar-refractivity contribution >= 4 is 11.6 Å². The molecule has 118 valence electrons. The lowest BCUT2D eigenvalue weighted by Crippen LogP contribution is -2.30. The Hall–Kier alpha value is -2.48. The Morgan fingerprint density at radius 2 is 2.18 bits per heavy atom. The van der Waals surface area contributed by atoms with Gasteiger partial charge < -0.3 is 15.7 Å². The fourth-order valence-electron chi connectivity index (χ4n) is 1.80. The number of nitrogens with zero attached hydrogens (tertiary/aromatic N) is 2. The Balaban J connectivity index is 1.88. The second-order valence-corrected chi connectivity index (χ2v) is 4.59. The number of aliphatic hydroxyl groups excluding tert-OH is 1. The summed E-state index contributed by atoms with van der Waals surface area (Å²) in [7, 11) is 0. The zero-order valence-electron chi connectivity index (χ0n) is 11.7. The van der Waals surface area contributed by atoms with Crippen LogP contribution in [0.3, 0.4) is 0 Å². The van der Waals surface area contributed by atoms with E-state index in [1.807, 2.05) is 0 Å². The van der Waals surface area contributed by atoms with Crippen LogP contribution in [0.2, 0.25) is 0 Å². The number of aromatic nitrogens is 2. The summed E-state index contributed by atoms with van der Waals surface area (Å²) in [5, 5.41) is 18.0. The lowest BCUT2D eigenvalue weighted by molar-refractivity contribution is -0.122. The summed E-state index contributed by atoms with van der Waals surface area (Å²) in [5.74, 6) is -1.51. The van der Waals surface area contributed by atoms with Crippen molar-refractivity contribution in [2.24, 2.45) is 0 Å². The molecule has 22 heavy (non-hydrogen) atoms. The van der Waals surface area contributed by atoms with E-state index in [0.717, 1.165) is 6.07 Å². The van der Waals surface area contributed by atoms with Gasteiger partial charge in [0, 0.05) is 30.9 Å². The summed E-state index contributed by atoms with van der Waals surface area (Å²) < 4.78 is 27.7. The zero-order valence-corrected chi connectivity index (χ0v) is 11.7. The predicted molar refractivity (Wildman–Crippen MR) is 76.0 cm³/mol. The van der Waals surface area contributed by atoms with Gasteiger partial charge in [-0.25, -0.2) is 8.78 Å². The maximum absolute atomic E-state index is 13.5. The summed E-state index contributed by atoms with van der Waals surface area (Å²) in [6.07, 6.45) is 3.10. The Labute approximate surface area is 125 Å². The maximum Gasteiger partial charge on any atom is 0.241 e. The van der Waals surface area contributed by atoms with Crippen molar-refractivity contribution in [3.8, 4) is 0 Å². The van der Waals surface area contributed by atoms with Crippen LogP contribution in [-0.4, -0.2) is 33.9 Å². The molecule has 0 aliphatic heterocycles. The van der Waals surface area contributed by atoms with Crippen molar-refractivity contribution < 1.29 is 18.7 Å². The first-order chi connectivity index (χ1) is 10.6. The monoisotopic (exact) mass is 310 g/mol. The van der Waals surface area contributed by atoms with Gasteiger partial charge in [0.2, 0.25) is 5.91 Å². The average molecular weight is 310 g/mol. The largest absolute Gasteiger partial charge is 0.395 e. The molecule has 0 saturated heterocycles. The van der Waals surface area contributed by atoms with E-state index in [4.69, 9.17) is 5.11 Å². The molecule has 1 heterocycles. The molecule has 0 spiro atoms. The lowest BCUT2D eigenvalue weighted by atomic mass is 10.2. The number of nitrogens with one attached hydrogen (secondary N) is 2. The second kappa shape index (κ2) is 7.51. The quantitative estimate of drug-likeness (QED) is 0.709. The topological polar surface area (TPSA) is 79.2 Å². The number of carbonyl (C=O) groups excluding carboxylic acids is 1.